The van der Waals surface area contributed by atoms with Gasteiger partial charge in [0.15, 0.2) is 8.07 Å². The van der Waals surface area contributed by atoms with Crippen LogP contribution in [-0.2, 0) is 0 Å². The number of benzene rings is 10. The van der Waals surface area contributed by atoms with E-state index < -0.39 is 8.07 Å². The number of rotatable bonds is 7. The molecule has 10 aromatic carbocycles. The average Bonchev–Trinajstić information content (AvgIpc) is 3.60. The Morgan fingerprint density at radius 3 is 1.42 bits per heavy atom. The second kappa shape index (κ2) is 14.2. The zero-order chi connectivity index (χ0) is 39.3. The number of hydrogen-bond acceptors (Lipinski definition) is 1. The molecule has 278 valence electrons. The summed E-state index contributed by atoms with van der Waals surface area (Å²) in [6.07, 6.45) is 0. The normalized spacial score (nSPS) is 12.6. The molecule has 0 unspecified atom stereocenters. The van der Waals surface area contributed by atoms with Gasteiger partial charge in [-0.15, -0.1) is 0 Å². The first-order valence-electron chi connectivity index (χ1n) is 20.2. The predicted molar refractivity (Wildman–Crippen MR) is 250 cm³/mol. The van der Waals surface area contributed by atoms with Gasteiger partial charge in [-0.3, -0.25) is 0 Å². The molecule has 1 aliphatic heterocycles. The highest BCUT2D eigenvalue weighted by Crippen LogP contribution is 2.43. The molecule has 3 heteroatoms. The van der Waals surface area contributed by atoms with Crippen LogP contribution >= 0.6 is 0 Å². The molecule has 1 aliphatic rings. The summed E-state index contributed by atoms with van der Waals surface area (Å²) in [5.74, 6) is -0.214. The molecule has 0 bridgehead atoms. The molecule has 0 atom stereocenters. The number of hydrogen-bond donors (Lipinski definition) is 0. The molecule has 0 aliphatic carbocycles. The summed E-state index contributed by atoms with van der Waals surface area (Å²) >= 11 is 0. The van der Waals surface area contributed by atoms with E-state index in [9.17, 15) is 0 Å². The fraction of sp³-hybridized carbons (Fsp3) is 0. The van der Waals surface area contributed by atoms with Crippen LogP contribution in [0.25, 0.3) is 54.9 Å². The van der Waals surface area contributed by atoms with Gasteiger partial charge in [0.05, 0.1) is 5.69 Å². The molecule has 59 heavy (non-hydrogen) atoms. The van der Waals surface area contributed by atoms with Crippen molar-refractivity contribution in [1.29, 1.82) is 0 Å². The molecular weight excluding hydrogens is 734 g/mol. The van der Waals surface area contributed by atoms with Crippen molar-refractivity contribution in [3.05, 3.63) is 236 Å². The molecular formula is C56H38FNSi. The molecule has 0 N–H and O–H groups in total. The smallest absolute Gasteiger partial charge is 0.180 e. The first-order valence-corrected chi connectivity index (χ1v) is 22.2. The van der Waals surface area contributed by atoms with Gasteiger partial charge >= 0.3 is 0 Å². The number of anilines is 3. The highest BCUT2D eigenvalue weighted by atomic mass is 28.3. The lowest BCUT2D eigenvalue weighted by molar-refractivity contribution is 0.629. The fourth-order valence-electron chi connectivity index (χ4n) is 9.53. The monoisotopic (exact) mass is 771 g/mol. The van der Waals surface area contributed by atoms with Crippen LogP contribution in [0, 0.1) is 5.82 Å². The maximum absolute atomic E-state index is 15.2. The van der Waals surface area contributed by atoms with Gasteiger partial charge in [-0.25, -0.2) is 4.39 Å². The van der Waals surface area contributed by atoms with E-state index in [0.29, 0.717) is 0 Å². The molecule has 0 amide bonds. The molecule has 0 radical (unpaired) electrons. The molecule has 10 aromatic rings. The Labute approximate surface area is 344 Å². The van der Waals surface area contributed by atoms with Crippen molar-refractivity contribution in [2.24, 2.45) is 0 Å². The van der Waals surface area contributed by atoms with Crippen molar-refractivity contribution in [3.63, 3.8) is 0 Å². The van der Waals surface area contributed by atoms with E-state index in [-0.39, 0.29) is 5.82 Å². The van der Waals surface area contributed by atoms with Crippen LogP contribution in [0.4, 0.5) is 21.5 Å². The average molecular weight is 772 g/mol. The van der Waals surface area contributed by atoms with Crippen molar-refractivity contribution < 1.29 is 4.39 Å². The van der Waals surface area contributed by atoms with E-state index in [1.807, 2.05) is 6.07 Å². The Morgan fingerprint density at radius 1 is 0.339 bits per heavy atom. The zero-order valence-electron chi connectivity index (χ0n) is 32.3. The van der Waals surface area contributed by atoms with E-state index >= 15 is 4.39 Å². The van der Waals surface area contributed by atoms with Crippen LogP contribution in [0.2, 0.25) is 0 Å². The van der Waals surface area contributed by atoms with Crippen molar-refractivity contribution in [1.82, 2.24) is 0 Å². The van der Waals surface area contributed by atoms with Crippen LogP contribution in [0.1, 0.15) is 0 Å². The van der Waals surface area contributed by atoms with Crippen LogP contribution in [-0.4, -0.2) is 8.07 Å². The van der Waals surface area contributed by atoms with Crippen molar-refractivity contribution in [2.45, 2.75) is 0 Å². The fourth-order valence-corrected chi connectivity index (χ4v) is 14.7. The first-order chi connectivity index (χ1) is 29.2. The third-order valence-corrected chi connectivity index (χ3v) is 17.1. The van der Waals surface area contributed by atoms with E-state index in [1.54, 1.807) is 12.1 Å². The minimum Gasteiger partial charge on any atom is -0.310 e. The molecule has 0 aromatic heterocycles. The Hall–Kier alpha value is -7.33. The second-order valence-electron chi connectivity index (χ2n) is 15.4. The zero-order valence-corrected chi connectivity index (χ0v) is 33.3. The lowest BCUT2D eigenvalue weighted by atomic mass is 9.97. The Morgan fingerprint density at radius 2 is 0.797 bits per heavy atom. The van der Waals surface area contributed by atoms with E-state index in [4.69, 9.17) is 0 Å². The topological polar surface area (TPSA) is 3.24 Å². The van der Waals surface area contributed by atoms with Gasteiger partial charge in [-0.05, 0) is 119 Å². The minimum absolute atomic E-state index is 0.214. The quantitative estimate of drug-likeness (QED) is 0.115. The van der Waals surface area contributed by atoms with Crippen LogP contribution < -0.4 is 25.6 Å². The summed E-state index contributed by atoms with van der Waals surface area (Å²) in [4.78, 5) is 2.38. The maximum Gasteiger partial charge on any atom is 0.180 e. The molecule has 0 saturated carbocycles. The summed E-state index contributed by atoms with van der Waals surface area (Å²) in [5.41, 5.74) is 9.96. The van der Waals surface area contributed by atoms with Crippen LogP contribution in [0.15, 0.2) is 231 Å². The first kappa shape index (κ1) is 34.9. The molecule has 0 saturated heterocycles. The summed E-state index contributed by atoms with van der Waals surface area (Å²) in [6, 6.07) is 82.1. The van der Waals surface area contributed by atoms with Gasteiger partial charge in [0, 0.05) is 16.8 Å². The van der Waals surface area contributed by atoms with E-state index in [1.165, 1.54) is 53.4 Å². The van der Waals surface area contributed by atoms with Crippen LogP contribution in [0.3, 0.4) is 0 Å². The Balaban J connectivity index is 1.06. The largest absolute Gasteiger partial charge is 0.310 e. The summed E-state index contributed by atoms with van der Waals surface area (Å²) < 4.78 is 15.2. The number of fused-ring (bicyclic) bond motifs is 6. The molecule has 1 nitrogen and oxygen atoms in total. The van der Waals surface area contributed by atoms with Gasteiger partial charge in [0.25, 0.3) is 0 Å². The van der Waals surface area contributed by atoms with Crippen LogP contribution in [0.5, 0.6) is 0 Å². The molecule has 11 rings (SSSR count). The lowest BCUT2D eigenvalue weighted by Gasteiger charge is -2.31. The predicted octanol–water partition coefficient (Wildman–Crippen LogP) is 12.3. The maximum atomic E-state index is 15.2. The minimum atomic E-state index is -2.71. The second-order valence-corrected chi connectivity index (χ2v) is 19.1. The highest BCUT2D eigenvalue weighted by molar-refractivity contribution is 7.22. The van der Waals surface area contributed by atoms with Crippen molar-refractivity contribution >= 4 is 67.4 Å². The molecule has 0 fully saturated rings. The number of halogens is 1. The molecule has 0 spiro atoms. The SMILES string of the molecule is Fc1ccc2c(c1)-c1cc(-c3ccc(N(c4ccc(-c5ccccc5)cc4)c4cc5ccccc5c5ccccc45)cc3)ccc1[Si]2(c1ccccc1)c1ccccc1. The van der Waals surface area contributed by atoms with E-state index in [0.717, 1.165) is 39.3 Å². The lowest BCUT2D eigenvalue weighted by Crippen LogP contribution is -2.72. The summed E-state index contributed by atoms with van der Waals surface area (Å²) in [6.45, 7) is 0. The van der Waals surface area contributed by atoms with Crippen molar-refractivity contribution in [2.75, 3.05) is 4.90 Å². The van der Waals surface area contributed by atoms with Gasteiger partial charge < -0.3 is 4.90 Å². The highest BCUT2D eigenvalue weighted by Gasteiger charge is 2.48. The Kier molecular flexibility index (Phi) is 8.42. The molecule has 1 heterocycles. The number of nitrogens with zero attached hydrogens (tertiary/aromatic N) is 1. The summed E-state index contributed by atoms with van der Waals surface area (Å²) in [5, 5.41) is 9.98. The third-order valence-electron chi connectivity index (χ3n) is 12.2. The van der Waals surface area contributed by atoms with Gasteiger partial charge in [0.2, 0.25) is 0 Å². The van der Waals surface area contributed by atoms with Crippen molar-refractivity contribution in [3.8, 4) is 33.4 Å². The Bertz CT molecular complexity index is 3100. The van der Waals surface area contributed by atoms with Gasteiger partial charge in [-0.2, -0.15) is 0 Å². The van der Waals surface area contributed by atoms with Gasteiger partial charge in [-0.1, -0.05) is 182 Å². The van der Waals surface area contributed by atoms with Gasteiger partial charge in [0.1, 0.15) is 5.82 Å². The third kappa shape index (κ3) is 5.73. The summed E-state index contributed by atoms with van der Waals surface area (Å²) in [7, 11) is -2.71. The van der Waals surface area contributed by atoms with E-state index in [2.05, 4.69) is 217 Å². The standard InChI is InChI=1S/C56H38FNSi/c57-44-29-35-56-53(38-44)52-36-42(28-34-55(52)59(56,47-17-6-2-7-18-47)48-19-8-3-9-20-48)41-26-32-46(33-27-41)58(45-30-24-40(25-31-45)39-14-4-1-5-15-39)54-37-43-16-10-11-21-49(43)50-22-12-13-23-51(50)54/h1-38H.